The first-order valence-electron chi connectivity index (χ1n) is 6.36. The van der Waals surface area contributed by atoms with Crippen molar-refractivity contribution < 1.29 is 0 Å². The molecule has 16 heavy (non-hydrogen) atoms. The van der Waals surface area contributed by atoms with Crippen LogP contribution in [0.15, 0.2) is 30.3 Å². The van der Waals surface area contributed by atoms with Gasteiger partial charge in [-0.3, -0.25) is 0 Å². The van der Waals surface area contributed by atoms with E-state index in [-0.39, 0.29) is 0 Å². The first-order chi connectivity index (χ1) is 7.88. The molecule has 0 radical (unpaired) electrons. The van der Waals surface area contributed by atoms with E-state index in [9.17, 15) is 0 Å². The molecule has 1 aromatic carbocycles. The molecular formula is C14H22N2. The van der Waals surface area contributed by atoms with Crippen LogP contribution in [-0.2, 0) is 6.42 Å². The van der Waals surface area contributed by atoms with Gasteiger partial charge in [-0.1, -0.05) is 30.3 Å². The number of nitrogens with two attached hydrogens (primary N) is 1. The van der Waals surface area contributed by atoms with Crippen molar-refractivity contribution in [2.24, 2.45) is 11.7 Å². The Hall–Kier alpha value is -0.860. The van der Waals surface area contributed by atoms with Gasteiger partial charge in [-0.2, -0.15) is 0 Å². The molecule has 0 aromatic heterocycles. The topological polar surface area (TPSA) is 38.0 Å². The van der Waals surface area contributed by atoms with Gasteiger partial charge in [0.05, 0.1) is 0 Å². The van der Waals surface area contributed by atoms with Crippen molar-refractivity contribution in [2.75, 3.05) is 13.1 Å². The average Bonchev–Trinajstić information content (AvgIpc) is 2.55. The standard InChI is InChI=1S/C14H22N2/c15-11-14-10-13(7-4-8-16-14)9-12-5-2-1-3-6-12/h1-3,5-6,13-14,16H,4,7-11,15H2. The van der Waals surface area contributed by atoms with Crippen molar-refractivity contribution in [3.05, 3.63) is 35.9 Å². The van der Waals surface area contributed by atoms with Crippen LogP contribution < -0.4 is 11.1 Å². The van der Waals surface area contributed by atoms with Crippen molar-refractivity contribution in [1.29, 1.82) is 0 Å². The van der Waals surface area contributed by atoms with E-state index in [0.29, 0.717) is 6.04 Å². The zero-order chi connectivity index (χ0) is 11.2. The summed E-state index contributed by atoms with van der Waals surface area (Å²) in [5.74, 6) is 0.797. The molecule has 0 spiro atoms. The van der Waals surface area contributed by atoms with Crippen LogP contribution in [0.4, 0.5) is 0 Å². The van der Waals surface area contributed by atoms with E-state index in [0.717, 1.165) is 19.0 Å². The average molecular weight is 218 g/mol. The highest BCUT2D eigenvalue weighted by molar-refractivity contribution is 5.15. The predicted molar refractivity (Wildman–Crippen MR) is 68.3 cm³/mol. The Morgan fingerprint density at radius 2 is 2.06 bits per heavy atom. The molecule has 3 N–H and O–H groups in total. The maximum Gasteiger partial charge on any atom is 0.0193 e. The zero-order valence-electron chi connectivity index (χ0n) is 9.86. The molecule has 1 heterocycles. The van der Waals surface area contributed by atoms with Crippen molar-refractivity contribution in [2.45, 2.75) is 31.7 Å². The van der Waals surface area contributed by atoms with E-state index >= 15 is 0 Å². The first-order valence-corrected chi connectivity index (χ1v) is 6.36. The summed E-state index contributed by atoms with van der Waals surface area (Å²) in [5.41, 5.74) is 7.23. The van der Waals surface area contributed by atoms with Gasteiger partial charge < -0.3 is 11.1 Å². The minimum absolute atomic E-state index is 0.524. The van der Waals surface area contributed by atoms with Crippen LogP contribution in [0.5, 0.6) is 0 Å². The summed E-state index contributed by atoms with van der Waals surface area (Å²) in [6.07, 6.45) is 5.05. The highest BCUT2D eigenvalue weighted by atomic mass is 14.9. The first kappa shape index (κ1) is 11.6. The summed E-state index contributed by atoms with van der Waals surface area (Å²) in [4.78, 5) is 0. The normalized spacial score (nSPS) is 26.3. The lowest BCUT2D eigenvalue weighted by Crippen LogP contribution is -2.36. The predicted octanol–water partition coefficient (Wildman–Crippen LogP) is 1.95. The maximum absolute atomic E-state index is 5.77. The third kappa shape index (κ3) is 3.32. The van der Waals surface area contributed by atoms with Gasteiger partial charge in [0.15, 0.2) is 0 Å². The second-order valence-corrected chi connectivity index (χ2v) is 4.82. The summed E-state index contributed by atoms with van der Waals surface area (Å²) < 4.78 is 0. The minimum Gasteiger partial charge on any atom is -0.329 e. The van der Waals surface area contributed by atoms with Gasteiger partial charge in [0.2, 0.25) is 0 Å². The van der Waals surface area contributed by atoms with E-state index < -0.39 is 0 Å². The molecule has 0 bridgehead atoms. The molecule has 1 aromatic rings. The maximum atomic E-state index is 5.77. The highest BCUT2D eigenvalue weighted by Gasteiger charge is 2.18. The van der Waals surface area contributed by atoms with Crippen molar-refractivity contribution in [3.8, 4) is 0 Å². The quantitative estimate of drug-likeness (QED) is 0.813. The Balaban J connectivity index is 1.93. The minimum atomic E-state index is 0.524. The molecule has 0 amide bonds. The Kier molecular flexibility index (Phi) is 4.37. The molecule has 88 valence electrons. The van der Waals surface area contributed by atoms with Gasteiger partial charge in [-0.15, -0.1) is 0 Å². The fraction of sp³-hybridized carbons (Fsp3) is 0.571. The largest absolute Gasteiger partial charge is 0.329 e. The summed E-state index contributed by atoms with van der Waals surface area (Å²) in [6.45, 7) is 1.90. The molecule has 1 fully saturated rings. The molecular weight excluding hydrogens is 196 g/mol. The Bertz CT molecular complexity index is 297. The molecule has 2 heteroatoms. The van der Waals surface area contributed by atoms with Crippen LogP contribution >= 0.6 is 0 Å². The van der Waals surface area contributed by atoms with Gasteiger partial charge in [0, 0.05) is 12.6 Å². The Labute approximate surface area is 98.2 Å². The van der Waals surface area contributed by atoms with Crippen LogP contribution in [0.2, 0.25) is 0 Å². The summed E-state index contributed by atoms with van der Waals surface area (Å²) >= 11 is 0. The fourth-order valence-corrected chi connectivity index (χ4v) is 2.61. The molecule has 1 aliphatic heterocycles. The van der Waals surface area contributed by atoms with Gasteiger partial charge >= 0.3 is 0 Å². The monoisotopic (exact) mass is 218 g/mol. The Morgan fingerprint density at radius 1 is 1.25 bits per heavy atom. The molecule has 1 saturated heterocycles. The van der Waals surface area contributed by atoms with E-state index in [2.05, 4.69) is 35.6 Å². The number of benzene rings is 1. The number of hydrogen-bond donors (Lipinski definition) is 2. The van der Waals surface area contributed by atoms with E-state index in [4.69, 9.17) is 5.73 Å². The van der Waals surface area contributed by atoms with Gasteiger partial charge in [0.25, 0.3) is 0 Å². The third-order valence-electron chi connectivity index (χ3n) is 3.49. The number of hydrogen-bond acceptors (Lipinski definition) is 2. The smallest absolute Gasteiger partial charge is 0.0193 e. The van der Waals surface area contributed by atoms with Crippen LogP contribution in [0.1, 0.15) is 24.8 Å². The lowest BCUT2D eigenvalue weighted by molar-refractivity contribution is 0.414. The molecule has 1 aliphatic rings. The van der Waals surface area contributed by atoms with Crippen molar-refractivity contribution >= 4 is 0 Å². The summed E-state index contributed by atoms with van der Waals surface area (Å²) in [7, 11) is 0. The number of nitrogens with one attached hydrogen (secondary N) is 1. The SMILES string of the molecule is NCC1CC(Cc2ccccc2)CCCN1. The summed E-state index contributed by atoms with van der Waals surface area (Å²) in [5, 5.41) is 3.52. The molecule has 2 atom stereocenters. The van der Waals surface area contributed by atoms with Crippen molar-refractivity contribution in [1.82, 2.24) is 5.32 Å². The lowest BCUT2D eigenvalue weighted by Gasteiger charge is -2.19. The van der Waals surface area contributed by atoms with Crippen LogP contribution in [-0.4, -0.2) is 19.1 Å². The zero-order valence-corrected chi connectivity index (χ0v) is 9.86. The van der Waals surface area contributed by atoms with E-state index in [1.807, 2.05) is 0 Å². The second-order valence-electron chi connectivity index (χ2n) is 4.82. The molecule has 0 aliphatic carbocycles. The third-order valence-corrected chi connectivity index (χ3v) is 3.49. The molecule has 2 rings (SSSR count). The molecule has 2 unspecified atom stereocenters. The highest BCUT2D eigenvalue weighted by Crippen LogP contribution is 2.21. The van der Waals surface area contributed by atoms with Crippen molar-refractivity contribution in [3.63, 3.8) is 0 Å². The van der Waals surface area contributed by atoms with E-state index in [1.54, 1.807) is 0 Å². The summed E-state index contributed by atoms with van der Waals surface area (Å²) in [6, 6.07) is 11.3. The number of rotatable bonds is 3. The molecule has 0 saturated carbocycles. The van der Waals surface area contributed by atoms with Gasteiger partial charge in [-0.05, 0) is 43.7 Å². The molecule has 2 nitrogen and oxygen atoms in total. The van der Waals surface area contributed by atoms with Crippen LogP contribution in [0.25, 0.3) is 0 Å². The van der Waals surface area contributed by atoms with Gasteiger partial charge in [0.1, 0.15) is 0 Å². The van der Waals surface area contributed by atoms with Crippen LogP contribution in [0, 0.1) is 5.92 Å². The van der Waals surface area contributed by atoms with Gasteiger partial charge in [-0.25, -0.2) is 0 Å². The lowest BCUT2D eigenvalue weighted by atomic mass is 9.90. The fourth-order valence-electron chi connectivity index (χ4n) is 2.61. The van der Waals surface area contributed by atoms with Crippen LogP contribution in [0.3, 0.4) is 0 Å². The van der Waals surface area contributed by atoms with E-state index in [1.165, 1.54) is 31.2 Å². The second kappa shape index (κ2) is 6.02. The Morgan fingerprint density at radius 3 is 2.81 bits per heavy atom.